The number of carbonyl (C=O) groups is 1. The third-order valence-electron chi connectivity index (χ3n) is 4.38. The smallest absolute Gasteiger partial charge is 0.475 e. The number of aliphatic carboxylic acids is 1. The van der Waals surface area contributed by atoms with Gasteiger partial charge in [-0.15, -0.1) is 11.3 Å². The molecule has 0 bridgehead atoms. The highest BCUT2D eigenvalue weighted by atomic mass is 32.1. The van der Waals surface area contributed by atoms with Crippen LogP contribution in [0.15, 0.2) is 22.9 Å². The SMILES string of the molecule is COCc1ccc(-c2nc(-c3c(C)ncc4c3CCNC4)no2)s1.O=C(O)C(F)(F)F. The molecule has 0 aliphatic carbocycles. The number of alkyl halides is 3. The minimum Gasteiger partial charge on any atom is -0.475 e. The summed E-state index contributed by atoms with van der Waals surface area (Å²) >= 11 is 1.61. The fourth-order valence-electron chi connectivity index (χ4n) is 3.01. The van der Waals surface area contributed by atoms with Gasteiger partial charge in [0.1, 0.15) is 0 Å². The third-order valence-corrected chi connectivity index (χ3v) is 5.43. The number of hydrogen-bond acceptors (Lipinski definition) is 8. The molecule has 0 saturated heterocycles. The van der Waals surface area contributed by atoms with Crippen molar-refractivity contribution in [1.29, 1.82) is 0 Å². The van der Waals surface area contributed by atoms with Crippen LogP contribution in [-0.2, 0) is 29.1 Å². The molecule has 0 fully saturated rings. The Hall–Kier alpha value is -2.83. The van der Waals surface area contributed by atoms with Gasteiger partial charge in [-0.3, -0.25) is 4.98 Å². The van der Waals surface area contributed by atoms with E-state index in [1.54, 1.807) is 18.4 Å². The Morgan fingerprint density at radius 2 is 2.13 bits per heavy atom. The van der Waals surface area contributed by atoms with Gasteiger partial charge >= 0.3 is 12.1 Å². The lowest BCUT2D eigenvalue weighted by atomic mass is 9.95. The van der Waals surface area contributed by atoms with E-state index >= 15 is 0 Å². The number of hydrogen-bond donors (Lipinski definition) is 2. The molecule has 0 amide bonds. The largest absolute Gasteiger partial charge is 0.490 e. The molecule has 0 atom stereocenters. The molecule has 3 aromatic rings. The first kappa shape index (κ1) is 22.8. The van der Waals surface area contributed by atoms with Gasteiger partial charge in [-0.05, 0) is 43.1 Å². The Morgan fingerprint density at radius 3 is 2.81 bits per heavy atom. The number of aromatic nitrogens is 3. The van der Waals surface area contributed by atoms with Crippen LogP contribution in [0, 0.1) is 6.92 Å². The average molecular weight is 456 g/mol. The minimum absolute atomic E-state index is 0.545. The molecule has 1 aliphatic heterocycles. The van der Waals surface area contributed by atoms with Gasteiger partial charge in [0.25, 0.3) is 5.89 Å². The van der Waals surface area contributed by atoms with Crippen LogP contribution in [0.5, 0.6) is 0 Å². The van der Waals surface area contributed by atoms with Crippen LogP contribution in [0.2, 0.25) is 0 Å². The zero-order valence-electron chi connectivity index (χ0n) is 16.6. The van der Waals surface area contributed by atoms with Crippen molar-refractivity contribution in [2.75, 3.05) is 13.7 Å². The molecule has 4 heterocycles. The first-order valence-corrected chi connectivity index (χ1v) is 9.92. The molecule has 0 unspecified atom stereocenters. The van der Waals surface area contributed by atoms with Crippen molar-refractivity contribution < 1.29 is 32.3 Å². The van der Waals surface area contributed by atoms with E-state index in [1.807, 2.05) is 25.3 Å². The van der Waals surface area contributed by atoms with E-state index in [-0.39, 0.29) is 0 Å². The number of methoxy groups -OCH3 is 1. The molecular weight excluding hydrogens is 437 g/mol. The second-order valence-corrected chi connectivity index (χ2v) is 7.74. The van der Waals surface area contributed by atoms with Gasteiger partial charge < -0.3 is 19.7 Å². The third kappa shape index (κ3) is 5.46. The fourth-order valence-corrected chi connectivity index (χ4v) is 3.91. The van der Waals surface area contributed by atoms with E-state index in [0.29, 0.717) is 18.3 Å². The number of carboxylic acids is 1. The summed E-state index contributed by atoms with van der Waals surface area (Å²) in [7, 11) is 1.69. The van der Waals surface area contributed by atoms with Crippen molar-refractivity contribution in [2.24, 2.45) is 0 Å². The molecule has 8 nitrogen and oxygen atoms in total. The summed E-state index contributed by atoms with van der Waals surface area (Å²) in [5, 5.41) is 14.7. The maximum atomic E-state index is 10.6. The Kier molecular flexibility index (Phi) is 7.03. The number of aryl methyl sites for hydroxylation is 1. The summed E-state index contributed by atoms with van der Waals surface area (Å²) < 4.78 is 42.4. The van der Waals surface area contributed by atoms with Crippen molar-refractivity contribution in [3.63, 3.8) is 0 Å². The number of pyridine rings is 1. The zero-order chi connectivity index (χ0) is 22.6. The molecule has 3 aromatic heterocycles. The standard InChI is InChI=1S/C17H18N4O2S.C2HF3O2/c1-10-15(13-5-6-18-7-11(13)8-19-10)16-20-17(23-21-16)14-4-3-12(24-14)9-22-2;3-2(4,5)1(6)7/h3-4,8,18H,5-7,9H2,1-2H3;(H,6,7). The molecule has 0 radical (unpaired) electrons. The fraction of sp³-hybridized carbons (Fsp3) is 0.368. The molecular formula is C19H19F3N4O4S. The quantitative estimate of drug-likeness (QED) is 0.613. The number of halogens is 3. The maximum Gasteiger partial charge on any atom is 0.490 e. The molecule has 0 saturated carbocycles. The monoisotopic (exact) mass is 456 g/mol. The topological polar surface area (TPSA) is 110 Å². The lowest BCUT2D eigenvalue weighted by molar-refractivity contribution is -0.192. The van der Waals surface area contributed by atoms with Crippen LogP contribution >= 0.6 is 11.3 Å². The highest BCUT2D eigenvalue weighted by Gasteiger charge is 2.38. The summed E-state index contributed by atoms with van der Waals surface area (Å²) in [6.45, 7) is 4.38. The molecule has 2 N–H and O–H groups in total. The van der Waals surface area contributed by atoms with Crippen LogP contribution in [-0.4, -0.2) is 46.0 Å². The Bertz CT molecular complexity index is 1060. The molecule has 31 heavy (non-hydrogen) atoms. The summed E-state index contributed by atoms with van der Waals surface area (Å²) in [4.78, 5) is 20.1. The highest BCUT2D eigenvalue weighted by molar-refractivity contribution is 7.15. The van der Waals surface area contributed by atoms with Gasteiger partial charge in [0, 0.05) is 36.0 Å². The first-order valence-electron chi connectivity index (χ1n) is 9.11. The number of rotatable bonds is 4. The first-order chi connectivity index (χ1) is 14.7. The van der Waals surface area contributed by atoms with E-state index in [4.69, 9.17) is 19.2 Å². The second-order valence-electron chi connectivity index (χ2n) is 6.57. The predicted octanol–water partition coefficient (Wildman–Crippen LogP) is 3.59. The molecule has 0 spiro atoms. The van der Waals surface area contributed by atoms with E-state index in [2.05, 4.69) is 20.4 Å². The summed E-state index contributed by atoms with van der Waals surface area (Å²) in [6, 6.07) is 4.02. The Labute approximate surface area is 179 Å². The van der Waals surface area contributed by atoms with Gasteiger partial charge in [-0.25, -0.2) is 4.79 Å². The number of carboxylic acid groups (broad SMARTS) is 1. The molecule has 12 heteroatoms. The van der Waals surface area contributed by atoms with Gasteiger partial charge in [0.2, 0.25) is 5.82 Å². The normalized spacial score (nSPS) is 13.3. The maximum absolute atomic E-state index is 10.6. The minimum atomic E-state index is -5.08. The number of fused-ring (bicyclic) bond motifs is 1. The number of nitrogens with one attached hydrogen (secondary N) is 1. The van der Waals surface area contributed by atoms with Crippen molar-refractivity contribution in [1.82, 2.24) is 20.4 Å². The van der Waals surface area contributed by atoms with E-state index < -0.39 is 12.1 Å². The summed E-state index contributed by atoms with van der Waals surface area (Å²) in [6.07, 6.45) is -2.19. The van der Waals surface area contributed by atoms with E-state index in [0.717, 1.165) is 40.5 Å². The van der Waals surface area contributed by atoms with Gasteiger partial charge in [0.05, 0.1) is 11.5 Å². The number of nitrogens with zero attached hydrogens (tertiary/aromatic N) is 3. The number of thiophene rings is 1. The van der Waals surface area contributed by atoms with Crippen LogP contribution in [0.3, 0.4) is 0 Å². The Balaban J connectivity index is 0.000000339. The lowest BCUT2D eigenvalue weighted by Crippen LogP contribution is -2.24. The highest BCUT2D eigenvalue weighted by Crippen LogP contribution is 2.32. The summed E-state index contributed by atoms with van der Waals surface area (Å²) in [5.41, 5.74) is 4.44. The second kappa shape index (κ2) is 9.54. The van der Waals surface area contributed by atoms with Crippen molar-refractivity contribution in [2.45, 2.75) is 32.7 Å². The molecule has 4 rings (SSSR count). The number of ether oxygens (including phenoxy) is 1. The Morgan fingerprint density at radius 1 is 1.39 bits per heavy atom. The van der Waals surface area contributed by atoms with Crippen molar-refractivity contribution >= 4 is 17.3 Å². The van der Waals surface area contributed by atoms with Crippen molar-refractivity contribution in [3.05, 3.63) is 40.0 Å². The van der Waals surface area contributed by atoms with Gasteiger partial charge in [0.15, 0.2) is 0 Å². The van der Waals surface area contributed by atoms with Gasteiger partial charge in [-0.1, -0.05) is 5.16 Å². The zero-order valence-corrected chi connectivity index (χ0v) is 17.4. The van der Waals surface area contributed by atoms with Crippen LogP contribution in [0.4, 0.5) is 13.2 Å². The van der Waals surface area contributed by atoms with Crippen molar-refractivity contribution in [3.8, 4) is 22.2 Å². The van der Waals surface area contributed by atoms with Crippen LogP contribution in [0.1, 0.15) is 21.7 Å². The predicted molar refractivity (Wildman–Crippen MR) is 105 cm³/mol. The summed E-state index contributed by atoms with van der Waals surface area (Å²) in [5.74, 6) is -1.59. The molecule has 1 aliphatic rings. The van der Waals surface area contributed by atoms with E-state index in [1.165, 1.54) is 11.1 Å². The van der Waals surface area contributed by atoms with Crippen LogP contribution in [0.25, 0.3) is 22.2 Å². The average Bonchev–Trinajstić information content (AvgIpc) is 3.37. The van der Waals surface area contributed by atoms with Gasteiger partial charge in [-0.2, -0.15) is 18.2 Å². The molecule has 166 valence electrons. The molecule has 0 aromatic carbocycles. The van der Waals surface area contributed by atoms with Crippen LogP contribution < -0.4 is 5.32 Å². The van der Waals surface area contributed by atoms with E-state index in [9.17, 15) is 13.2 Å². The lowest BCUT2D eigenvalue weighted by Gasteiger charge is -2.19.